The molecule has 1 fully saturated rings. The number of rotatable bonds is 12. The van der Waals surface area contributed by atoms with Crippen molar-refractivity contribution < 1.29 is 37.1 Å². The molecule has 200 valence electrons. The van der Waals surface area contributed by atoms with Crippen molar-refractivity contribution in [1.29, 1.82) is 0 Å². The number of ether oxygens (including phenoxy) is 1. The summed E-state index contributed by atoms with van der Waals surface area (Å²) < 4.78 is 44.8. The van der Waals surface area contributed by atoms with E-state index >= 15 is 4.39 Å². The third-order valence-electron chi connectivity index (χ3n) is 5.72. The van der Waals surface area contributed by atoms with Crippen LogP contribution in [0.3, 0.4) is 0 Å². The second-order valence-corrected chi connectivity index (χ2v) is 8.09. The topological polar surface area (TPSA) is 104 Å². The summed E-state index contributed by atoms with van der Waals surface area (Å²) in [4.78, 5) is 47.9. The van der Waals surface area contributed by atoms with Crippen molar-refractivity contribution >= 4 is 29.3 Å². The molecule has 1 saturated heterocycles. The summed E-state index contributed by atoms with van der Waals surface area (Å²) in [6.07, 6.45) is -1.48. The maximum absolute atomic E-state index is 15.1. The standard InChI is InChI=1S/C24H28F3N5O5/c1-3-30(10-11-32(36-2)21(33)12-16-6-8-28-9-7-16)20-5-4-17(13-19(20)25)31-15-18(37-24(31)35)14-29-23(34)22(26)27/h4-9,13,18,22H,3,10-12,14-15H2,1-2H3,(H,29,34)/t18-/m0/s1. The molecule has 0 bridgehead atoms. The number of pyridine rings is 1. The van der Waals surface area contributed by atoms with E-state index in [9.17, 15) is 23.2 Å². The lowest BCUT2D eigenvalue weighted by molar-refractivity contribution is -0.174. The number of carbonyl (C=O) groups is 3. The molecule has 2 aromatic rings. The summed E-state index contributed by atoms with van der Waals surface area (Å²) in [5, 5.41) is 3.21. The summed E-state index contributed by atoms with van der Waals surface area (Å²) in [5.41, 5.74) is 1.27. The molecule has 13 heteroatoms. The minimum absolute atomic E-state index is 0.0407. The Morgan fingerprint density at radius 2 is 1.97 bits per heavy atom. The number of hydrogen-bond donors (Lipinski definition) is 1. The fourth-order valence-corrected chi connectivity index (χ4v) is 3.79. The van der Waals surface area contributed by atoms with Gasteiger partial charge in [0.05, 0.1) is 44.5 Å². The van der Waals surface area contributed by atoms with Gasteiger partial charge < -0.3 is 15.0 Å². The van der Waals surface area contributed by atoms with Crippen LogP contribution in [0.1, 0.15) is 12.5 Å². The quantitative estimate of drug-likeness (QED) is 0.426. The Bertz CT molecular complexity index is 1090. The highest BCUT2D eigenvalue weighted by Gasteiger charge is 2.33. The number of hydroxylamine groups is 2. The van der Waals surface area contributed by atoms with Gasteiger partial charge in [0.25, 0.3) is 11.8 Å². The molecule has 0 unspecified atom stereocenters. The van der Waals surface area contributed by atoms with Crippen LogP contribution < -0.4 is 15.1 Å². The third kappa shape index (κ3) is 7.32. The van der Waals surface area contributed by atoms with Gasteiger partial charge in [0.2, 0.25) is 0 Å². The molecule has 10 nitrogen and oxygen atoms in total. The molecule has 3 rings (SSSR count). The zero-order chi connectivity index (χ0) is 26.9. The number of alkyl halides is 2. The minimum Gasteiger partial charge on any atom is -0.442 e. The first-order valence-electron chi connectivity index (χ1n) is 11.5. The lowest BCUT2D eigenvalue weighted by atomic mass is 10.2. The molecule has 0 saturated carbocycles. The van der Waals surface area contributed by atoms with E-state index in [1.807, 2.05) is 12.2 Å². The number of cyclic esters (lactones) is 1. The van der Waals surface area contributed by atoms with E-state index in [0.717, 1.165) is 10.5 Å². The van der Waals surface area contributed by atoms with Gasteiger partial charge in [-0.3, -0.25) is 24.3 Å². The Morgan fingerprint density at radius 1 is 1.24 bits per heavy atom. The first kappa shape index (κ1) is 27.7. The Labute approximate surface area is 211 Å². The molecular formula is C24H28F3N5O5. The second kappa shape index (κ2) is 12.9. The predicted molar refractivity (Wildman–Crippen MR) is 128 cm³/mol. The number of nitrogens with zero attached hydrogens (tertiary/aromatic N) is 4. The van der Waals surface area contributed by atoms with Crippen molar-refractivity contribution in [3.05, 3.63) is 54.1 Å². The summed E-state index contributed by atoms with van der Waals surface area (Å²) in [5.74, 6) is -2.32. The molecule has 0 aliphatic carbocycles. The van der Waals surface area contributed by atoms with Crippen molar-refractivity contribution in [2.45, 2.75) is 25.9 Å². The molecule has 37 heavy (non-hydrogen) atoms. The van der Waals surface area contributed by atoms with Gasteiger partial charge in [0.1, 0.15) is 11.9 Å². The third-order valence-corrected chi connectivity index (χ3v) is 5.72. The molecule has 2 heterocycles. The average molecular weight is 524 g/mol. The predicted octanol–water partition coefficient (Wildman–Crippen LogP) is 2.39. The van der Waals surface area contributed by atoms with E-state index in [2.05, 4.69) is 4.98 Å². The van der Waals surface area contributed by atoms with Crippen molar-refractivity contribution in [3.63, 3.8) is 0 Å². The lowest BCUT2D eigenvalue weighted by Crippen LogP contribution is -2.39. The number of anilines is 2. The SMILES string of the molecule is CCN(CCN(OC)C(=O)Cc1ccncc1)c1ccc(N2C[C@H](CNC(=O)C(F)F)OC2=O)cc1F. The number of amides is 3. The molecule has 0 radical (unpaired) electrons. The number of aromatic nitrogens is 1. The van der Waals surface area contributed by atoms with Gasteiger partial charge in [0, 0.05) is 25.5 Å². The van der Waals surface area contributed by atoms with E-state index in [-0.39, 0.29) is 49.9 Å². The van der Waals surface area contributed by atoms with Gasteiger partial charge >= 0.3 is 12.5 Å². The highest BCUT2D eigenvalue weighted by atomic mass is 19.3. The van der Waals surface area contributed by atoms with E-state index in [0.29, 0.717) is 6.54 Å². The fourth-order valence-electron chi connectivity index (χ4n) is 3.79. The van der Waals surface area contributed by atoms with Gasteiger partial charge in [-0.2, -0.15) is 8.78 Å². The summed E-state index contributed by atoms with van der Waals surface area (Å²) in [6, 6.07) is 7.67. The van der Waals surface area contributed by atoms with Crippen LogP contribution in [0.25, 0.3) is 0 Å². The highest BCUT2D eigenvalue weighted by molar-refractivity contribution is 5.90. The zero-order valence-electron chi connectivity index (χ0n) is 20.4. The number of benzene rings is 1. The Hall–Kier alpha value is -3.87. The van der Waals surface area contributed by atoms with Crippen LogP contribution in [0, 0.1) is 5.82 Å². The number of likely N-dealkylation sites (N-methyl/N-ethyl adjacent to an activating group) is 1. The molecule has 1 aliphatic heterocycles. The van der Waals surface area contributed by atoms with Gasteiger partial charge in [-0.1, -0.05) is 0 Å². The number of hydrogen-bond acceptors (Lipinski definition) is 7. The van der Waals surface area contributed by atoms with Gasteiger partial charge in [0.15, 0.2) is 0 Å². The Kier molecular flexibility index (Phi) is 9.66. The highest BCUT2D eigenvalue weighted by Crippen LogP contribution is 2.28. The van der Waals surface area contributed by atoms with Crippen LogP contribution in [0.5, 0.6) is 0 Å². The fraction of sp³-hybridized carbons (Fsp3) is 0.417. The molecule has 1 aromatic carbocycles. The first-order chi connectivity index (χ1) is 17.7. The minimum atomic E-state index is -3.17. The van der Waals surface area contributed by atoms with Crippen molar-refractivity contribution in [2.24, 2.45) is 0 Å². The van der Waals surface area contributed by atoms with E-state index in [1.54, 1.807) is 29.4 Å². The molecule has 1 aliphatic rings. The monoisotopic (exact) mass is 523 g/mol. The van der Waals surface area contributed by atoms with Crippen molar-refractivity contribution in [3.8, 4) is 0 Å². The van der Waals surface area contributed by atoms with Gasteiger partial charge in [-0.15, -0.1) is 0 Å². The maximum atomic E-state index is 15.1. The molecule has 1 N–H and O–H groups in total. The lowest BCUT2D eigenvalue weighted by Gasteiger charge is -2.28. The largest absolute Gasteiger partial charge is 0.442 e. The molecule has 0 spiro atoms. The normalized spacial score (nSPS) is 15.0. The zero-order valence-corrected chi connectivity index (χ0v) is 20.4. The number of nitrogens with one attached hydrogen (secondary N) is 1. The maximum Gasteiger partial charge on any atom is 0.414 e. The first-order valence-corrected chi connectivity index (χ1v) is 11.5. The number of halogens is 3. The Morgan fingerprint density at radius 3 is 2.59 bits per heavy atom. The van der Waals surface area contributed by atoms with Crippen LogP contribution >= 0.6 is 0 Å². The number of carbonyl (C=O) groups excluding carboxylic acids is 3. The second-order valence-electron chi connectivity index (χ2n) is 8.09. The van der Waals surface area contributed by atoms with Gasteiger partial charge in [-0.05, 0) is 42.8 Å². The Balaban J connectivity index is 1.60. The smallest absolute Gasteiger partial charge is 0.414 e. The summed E-state index contributed by atoms with van der Waals surface area (Å²) in [7, 11) is 1.39. The van der Waals surface area contributed by atoms with Crippen LogP contribution in [-0.2, 0) is 25.6 Å². The molecule has 3 amide bonds. The average Bonchev–Trinajstić information content (AvgIpc) is 3.26. The van der Waals surface area contributed by atoms with Crippen LogP contribution in [0.15, 0.2) is 42.7 Å². The van der Waals surface area contributed by atoms with E-state index < -0.39 is 30.3 Å². The van der Waals surface area contributed by atoms with Crippen molar-refractivity contribution in [2.75, 3.05) is 49.6 Å². The molecule has 1 atom stereocenters. The van der Waals surface area contributed by atoms with E-state index in [1.165, 1.54) is 30.4 Å². The summed E-state index contributed by atoms with van der Waals surface area (Å²) >= 11 is 0. The van der Waals surface area contributed by atoms with Crippen molar-refractivity contribution in [1.82, 2.24) is 15.4 Å². The van der Waals surface area contributed by atoms with Gasteiger partial charge in [-0.25, -0.2) is 14.2 Å². The van der Waals surface area contributed by atoms with Crippen LogP contribution in [-0.4, -0.2) is 80.3 Å². The summed E-state index contributed by atoms with van der Waals surface area (Å²) in [6.45, 7) is 2.40. The van der Waals surface area contributed by atoms with E-state index in [4.69, 9.17) is 9.57 Å². The molecular weight excluding hydrogens is 495 g/mol. The van der Waals surface area contributed by atoms with Crippen LogP contribution in [0.4, 0.5) is 29.3 Å². The molecule has 1 aromatic heterocycles. The van der Waals surface area contributed by atoms with Crippen LogP contribution in [0.2, 0.25) is 0 Å².